The van der Waals surface area contributed by atoms with Crippen LogP contribution in [-0.4, -0.2) is 8.41 Å². The van der Waals surface area contributed by atoms with E-state index in [2.05, 4.69) is 0 Å². The van der Waals surface area contributed by atoms with Gasteiger partial charge in [-0.3, -0.25) is 0 Å². The van der Waals surface area contributed by atoms with Gasteiger partial charge in [-0.15, -0.1) is 0 Å². The van der Waals surface area contributed by atoms with Crippen molar-refractivity contribution in [2.75, 3.05) is 0 Å². The van der Waals surface area contributed by atoms with Gasteiger partial charge in [-0.05, 0) is 0 Å². The summed E-state index contributed by atoms with van der Waals surface area (Å²) in [6.45, 7) is 0. The summed E-state index contributed by atoms with van der Waals surface area (Å²) in [6.07, 6.45) is 0. The van der Waals surface area contributed by atoms with E-state index in [9.17, 15) is 0 Å². The van der Waals surface area contributed by atoms with E-state index in [1.165, 1.54) is 0 Å². The fraction of sp³-hybridized carbons (Fsp3) is 0. The average molecular weight is 552 g/mol. The van der Waals surface area contributed by atoms with Crippen molar-refractivity contribution in [3.05, 3.63) is 0 Å². The first-order valence-electron chi connectivity index (χ1n) is 0. The molecule has 6 heteroatoms. The van der Waals surface area contributed by atoms with E-state index in [4.69, 9.17) is 0 Å². The summed E-state index contributed by atoms with van der Waals surface area (Å²) in [5.74, 6) is 0. The molecule has 4 radical (unpaired) electrons. The number of hydrogen-bond donors (Lipinski definition) is 0. The summed E-state index contributed by atoms with van der Waals surface area (Å²) in [5.41, 5.74) is 0. The van der Waals surface area contributed by atoms with Crippen LogP contribution >= 0.6 is 0 Å². The first-order valence-corrected chi connectivity index (χ1v) is 0. The summed E-state index contributed by atoms with van der Waals surface area (Å²) in [7, 11) is 0. The van der Waals surface area contributed by atoms with Crippen LogP contribution in [0.4, 0.5) is 0 Å². The van der Waals surface area contributed by atoms with Gasteiger partial charge in [0.25, 0.3) is 0 Å². The Morgan fingerprint density at radius 3 is 0.833 bits per heavy atom. The van der Waals surface area contributed by atoms with Gasteiger partial charge in [-0.1, -0.05) is 0 Å². The molecule has 0 aliphatic rings. The molecule has 0 atom stereocenters. The monoisotopic (exact) mass is 552 g/mol. The van der Waals surface area contributed by atoms with Crippen molar-refractivity contribution in [1.82, 2.24) is 0 Å². The van der Waals surface area contributed by atoms with E-state index < -0.39 is 0 Å². The summed E-state index contributed by atoms with van der Waals surface area (Å²) in [4.78, 5) is 0. The van der Waals surface area contributed by atoms with E-state index in [0.717, 1.165) is 0 Å². The standard InChI is InChI=1S/B.Co.Fe.Ni.2W. The van der Waals surface area contributed by atoms with Gasteiger partial charge in [-0.2, -0.15) is 0 Å². The summed E-state index contributed by atoms with van der Waals surface area (Å²) in [5, 5.41) is 0. The van der Waals surface area contributed by atoms with Crippen molar-refractivity contribution in [2.24, 2.45) is 0 Å². The fourth-order valence-electron chi connectivity index (χ4n) is 0. The first kappa shape index (κ1) is 64.8. The second-order valence-corrected chi connectivity index (χ2v) is 0. The average Bonchev–Trinajstić information content (AvgIpc) is 0. The number of hydrogen-bond acceptors (Lipinski definition) is 0. The molecule has 0 aromatic heterocycles. The SMILES string of the molecule is [B].[Co].[Fe].[Ni].[W].[W]. The predicted molar refractivity (Wildman–Crippen MR) is 5.75 cm³/mol. The Morgan fingerprint density at radius 2 is 0.833 bits per heavy atom. The smallest absolute Gasteiger partial charge is 0 e. The Hall–Kier alpha value is 2.96. The zero-order valence-electron chi connectivity index (χ0n) is 2.40. The van der Waals surface area contributed by atoms with E-state index in [1.807, 2.05) is 0 Å². The molecular formula is BCoFeNiW2. The Morgan fingerprint density at radius 1 is 0.833 bits per heavy atom. The molecule has 0 heterocycles. The molecule has 0 amide bonds. The van der Waals surface area contributed by atoms with E-state index in [-0.39, 0.29) is 101 Å². The van der Waals surface area contributed by atoms with Crippen molar-refractivity contribution in [2.45, 2.75) is 0 Å². The molecule has 0 aliphatic carbocycles. The second kappa shape index (κ2) is 44.0. The molecule has 0 nitrogen and oxygen atoms in total. The molecule has 0 bridgehead atoms. The Balaban J connectivity index is 0. The molecule has 0 saturated heterocycles. The van der Waals surface area contributed by atoms with E-state index in [1.54, 1.807) is 0 Å². The molecule has 0 aromatic carbocycles. The van der Waals surface area contributed by atoms with Gasteiger partial charge >= 0.3 is 0 Å². The molecule has 0 fully saturated rings. The summed E-state index contributed by atoms with van der Waals surface area (Å²) in [6, 6.07) is 0. The number of rotatable bonds is 0. The first-order chi connectivity index (χ1) is 0. The molecule has 0 rings (SSSR count). The summed E-state index contributed by atoms with van der Waals surface area (Å²) < 4.78 is 0. The van der Waals surface area contributed by atoms with Crippen LogP contribution in [-0.2, 0) is 92.5 Å². The van der Waals surface area contributed by atoms with Crippen LogP contribution in [0.3, 0.4) is 0 Å². The van der Waals surface area contributed by atoms with Crippen LogP contribution in [0, 0.1) is 0 Å². The topological polar surface area (TPSA) is 0 Å². The normalized spacial score (nSPS) is 0. The van der Waals surface area contributed by atoms with Crippen molar-refractivity contribution in [3.8, 4) is 0 Å². The van der Waals surface area contributed by atoms with Gasteiger partial charge in [0, 0.05) is 101 Å². The van der Waals surface area contributed by atoms with Gasteiger partial charge in [0.2, 0.25) is 0 Å². The maximum atomic E-state index is 0. The quantitative estimate of drug-likeness (QED) is 0.360. The Bertz CT molecular complexity index is 13.5. The molecule has 0 unspecified atom stereocenters. The minimum Gasteiger partial charge on any atom is 0 e. The Labute approximate surface area is 99.4 Å². The van der Waals surface area contributed by atoms with Crippen molar-refractivity contribution < 1.29 is 92.5 Å². The van der Waals surface area contributed by atoms with E-state index in [0.29, 0.717) is 0 Å². The second-order valence-electron chi connectivity index (χ2n) is 0. The molecule has 0 aromatic rings. The van der Waals surface area contributed by atoms with Crippen LogP contribution in [0.1, 0.15) is 0 Å². The molecule has 0 N–H and O–H groups in total. The molecule has 0 spiro atoms. The molecule has 0 aliphatic heterocycles. The third kappa shape index (κ3) is 28.2. The maximum Gasteiger partial charge on any atom is 0 e. The van der Waals surface area contributed by atoms with Crippen LogP contribution in [0.2, 0.25) is 0 Å². The molecular weight excluding hydrogens is 552 g/mol. The van der Waals surface area contributed by atoms with Gasteiger partial charge < -0.3 is 0 Å². The third-order valence-corrected chi connectivity index (χ3v) is 0. The van der Waals surface area contributed by atoms with Gasteiger partial charge in [0.1, 0.15) is 0 Å². The van der Waals surface area contributed by atoms with Gasteiger partial charge in [0.15, 0.2) is 0 Å². The fourth-order valence-corrected chi connectivity index (χ4v) is 0. The van der Waals surface area contributed by atoms with Gasteiger partial charge in [0.05, 0.1) is 0 Å². The minimum atomic E-state index is 0. The van der Waals surface area contributed by atoms with Crippen molar-refractivity contribution in [1.29, 1.82) is 0 Å². The Kier molecular flexibility index (Phi) is 475. The maximum absolute atomic E-state index is 0. The van der Waals surface area contributed by atoms with Crippen molar-refractivity contribution in [3.63, 3.8) is 0 Å². The summed E-state index contributed by atoms with van der Waals surface area (Å²) >= 11 is 0. The largest absolute Gasteiger partial charge is 0 e. The zero-order valence-corrected chi connectivity index (χ0v) is 11.4. The van der Waals surface area contributed by atoms with Gasteiger partial charge in [-0.25, -0.2) is 0 Å². The molecule has 6 heavy (non-hydrogen) atoms. The van der Waals surface area contributed by atoms with Crippen LogP contribution in [0.15, 0.2) is 0 Å². The molecule has 42 valence electrons. The van der Waals surface area contributed by atoms with Crippen molar-refractivity contribution >= 4 is 8.41 Å². The van der Waals surface area contributed by atoms with Crippen LogP contribution in [0.25, 0.3) is 0 Å². The minimum absolute atomic E-state index is 0. The molecule has 0 saturated carbocycles. The van der Waals surface area contributed by atoms with Crippen LogP contribution in [0.5, 0.6) is 0 Å². The van der Waals surface area contributed by atoms with Crippen LogP contribution < -0.4 is 0 Å². The van der Waals surface area contributed by atoms with E-state index >= 15 is 0 Å². The third-order valence-electron chi connectivity index (χ3n) is 0. The predicted octanol–water partition coefficient (Wildman–Crippen LogP) is -0.393. The zero-order chi connectivity index (χ0) is 0.